The van der Waals surface area contributed by atoms with E-state index in [-0.39, 0.29) is 5.82 Å². The lowest BCUT2D eigenvalue weighted by Crippen LogP contribution is -2.19. The van der Waals surface area contributed by atoms with Gasteiger partial charge in [-0.3, -0.25) is 14.7 Å². The summed E-state index contributed by atoms with van der Waals surface area (Å²) in [6.45, 7) is 0. The highest BCUT2D eigenvalue weighted by molar-refractivity contribution is 6.01. The monoisotopic (exact) mass is 272 g/mol. The number of anilines is 1. The summed E-state index contributed by atoms with van der Waals surface area (Å²) < 4.78 is 0. The molecule has 1 aliphatic carbocycles. The molecular weight excluding hydrogens is 260 g/mol. The summed E-state index contributed by atoms with van der Waals surface area (Å²) in [5, 5.41) is 17.9. The Bertz CT molecular complexity index is 645. The molecule has 7 nitrogen and oxygen atoms in total. The Morgan fingerprint density at radius 2 is 1.95 bits per heavy atom. The number of aromatic nitrogens is 3. The van der Waals surface area contributed by atoms with Crippen molar-refractivity contribution in [1.82, 2.24) is 15.2 Å². The lowest BCUT2D eigenvalue weighted by molar-refractivity contribution is -0.140. The second kappa shape index (κ2) is 4.44. The van der Waals surface area contributed by atoms with Crippen LogP contribution in [0, 0.1) is 0 Å². The zero-order valence-corrected chi connectivity index (χ0v) is 10.5. The van der Waals surface area contributed by atoms with Gasteiger partial charge in [-0.25, -0.2) is 4.98 Å². The second-order valence-electron chi connectivity index (χ2n) is 4.75. The SMILES string of the molecule is O=C(Nc1ccc(C2(C(=O)O)CC2)cc1)c1ncn[nH]1. The molecule has 1 amide bonds. The van der Waals surface area contributed by atoms with Gasteiger partial charge in [0, 0.05) is 5.69 Å². The van der Waals surface area contributed by atoms with Crippen molar-refractivity contribution in [2.24, 2.45) is 0 Å². The molecule has 102 valence electrons. The number of H-pyrrole nitrogens is 1. The Morgan fingerprint density at radius 1 is 1.25 bits per heavy atom. The predicted octanol–water partition coefficient (Wildman–Crippen LogP) is 1.17. The highest BCUT2D eigenvalue weighted by Crippen LogP contribution is 2.48. The van der Waals surface area contributed by atoms with Crippen molar-refractivity contribution in [2.45, 2.75) is 18.3 Å². The van der Waals surface area contributed by atoms with Gasteiger partial charge in [0.25, 0.3) is 5.91 Å². The molecule has 20 heavy (non-hydrogen) atoms. The highest BCUT2D eigenvalue weighted by Gasteiger charge is 2.51. The Balaban J connectivity index is 1.74. The number of carbonyl (C=O) groups is 2. The first-order valence-corrected chi connectivity index (χ1v) is 6.12. The van der Waals surface area contributed by atoms with Crippen molar-refractivity contribution in [3.05, 3.63) is 42.0 Å². The minimum Gasteiger partial charge on any atom is -0.481 e. The van der Waals surface area contributed by atoms with Gasteiger partial charge in [-0.2, -0.15) is 5.10 Å². The van der Waals surface area contributed by atoms with Crippen LogP contribution in [-0.2, 0) is 10.2 Å². The molecule has 1 aromatic carbocycles. The number of hydrogen-bond acceptors (Lipinski definition) is 4. The Kier molecular flexibility index (Phi) is 2.74. The number of nitrogens with one attached hydrogen (secondary N) is 2. The fourth-order valence-corrected chi connectivity index (χ4v) is 2.13. The Hall–Kier alpha value is -2.70. The van der Waals surface area contributed by atoms with E-state index < -0.39 is 17.3 Å². The van der Waals surface area contributed by atoms with Gasteiger partial charge in [0.1, 0.15) is 6.33 Å². The van der Waals surface area contributed by atoms with Crippen LogP contribution >= 0.6 is 0 Å². The number of carboxylic acids is 1. The number of carbonyl (C=O) groups excluding carboxylic acids is 1. The number of rotatable bonds is 4. The molecule has 1 heterocycles. The average molecular weight is 272 g/mol. The molecule has 0 aliphatic heterocycles. The lowest BCUT2D eigenvalue weighted by Gasteiger charge is -2.11. The van der Waals surface area contributed by atoms with E-state index in [1.54, 1.807) is 24.3 Å². The molecule has 0 unspecified atom stereocenters. The molecule has 1 aromatic heterocycles. The minimum absolute atomic E-state index is 0.123. The number of amides is 1. The molecule has 1 aliphatic rings. The van der Waals surface area contributed by atoms with Crippen LogP contribution in [0.1, 0.15) is 29.0 Å². The van der Waals surface area contributed by atoms with Gasteiger partial charge in [0.05, 0.1) is 5.41 Å². The van der Waals surface area contributed by atoms with E-state index in [0.29, 0.717) is 18.5 Å². The van der Waals surface area contributed by atoms with Crippen LogP contribution in [0.4, 0.5) is 5.69 Å². The molecule has 0 atom stereocenters. The molecule has 3 rings (SSSR count). The van der Waals surface area contributed by atoms with Crippen LogP contribution in [0.2, 0.25) is 0 Å². The Labute approximate surface area is 114 Å². The van der Waals surface area contributed by atoms with E-state index in [1.165, 1.54) is 6.33 Å². The second-order valence-corrected chi connectivity index (χ2v) is 4.75. The summed E-state index contributed by atoms with van der Waals surface area (Å²) in [4.78, 5) is 26.7. The van der Waals surface area contributed by atoms with Gasteiger partial charge in [0.2, 0.25) is 5.82 Å². The topological polar surface area (TPSA) is 108 Å². The maximum Gasteiger partial charge on any atom is 0.314 e. The van der Waals surface area contributed by atoms with E-state index in [9.17, 15) is 14.7 Å². The van der Waals surface area contributed by atoms with Gasteiger partial charge < -0.3 is 10.4 Å². The molecule has 7 heteroatoms. The first kappa shape index (κ1) is 12.3. The summed E-state index contributed by atoms with van der Waals surface area (Å²) >= 11 is 0. The van der Waals surface area contributed by atoms with Crippen LogP contribution in [-0.4, -0.2) is 32.2 Å². The van der Waals surface area contributed by atoms with Crippen LogP contribution in [0.5, 0.6) is 0 Å². The molecule has 1 fully saturated rings. The molecule has 0 bridgehead atoms. The maximum absolute atomic E-state index is 11.7. The third-order valence-electron chi connectivity index (χ3n) is 3.48. The fraction of sp³-hybridized carbons (Fsp3) is 0.231. The van der Waals surface area contributed by atoms with Crippen LogP contribution < -0.4 is 5.32 Å². The lowest BCUT2D eigenvalue weighted by atomic mass is 9.96. The van der Waals surface area contributed by atoms with Gasteiger partial charge in [-0.1, -0.05) is 12.1 Å². The zero-order chi connectivity index (χ0) is 14.2. The van der Waals surface area contributed by atoms with Gasteiger partial charge in [0.15, 0.2) is 0 Å². The van der Waals surface area contributed by atoms with Crippen molar-refractivity contribution in [3.63, 3.8) is 0 Å². The molecule has 3 N–H and O–H groups in total. The largest absolute Gasteiger partial charge is 0.481 e. The summed E-state index contributed by atoms with van der Waals surface area (Å²) in [6, 6.07) is 6.84. The number of nitrogens with zero attached hydrogens (tertiary/aromatic N) is 2. The summed E-state index contributed by atoms with van der Waals surface area (Å²) in [7, 11) is 0. The predicted molar refractivity (Wildman–Crippen MR) is 69.3 cm³/mol. The summed E-state index contributed by atoms with van der Waals surface area (Å²) in [6.07, 6.45) is 2.57. The van der Waals surface area contributed by atoms with E-state index in [2.05, 4.69) is 20.5 Å². The van der Waals surface area contributed by atoms with Gasteiger partial charge in [-0.15, -0.1) is 0 Å². The summed E-state index contributed by atoms with van der Waals surface area (Å²) in [5.41, 5.74) is 0.618. The maximum atomic E-state index is 11.7. The average Bonchev–Trinajstić information content (AvgIpc) is 3.07. The van der Waals surface area contributed by atoms with E-state index in [0.717, 1.165) is 5.56 Å². The van der Waals surface area contributed by atoms with Crippen LogP contribution in [0.3, 0.4) is 0 Å². The zero-order valence-electron chi connectivity index (χ0n) is 10.5. The number of hydrogen-bond donors (Lipinski definition) is 3. The highest BCUT2D eigenvalue weighted by atomic mass is 16.4. The fourth-order valence-electron chi connectivity index (χ4n) is 2.13. The van der Waals surface area contributed by atoms with Crippen molar-refractivity contribution < 1.29 is 14.7 Å². The quantitative estimate of drug-likeness (QED) is 0.774. The Morgan fingerprint density at radius 3 is 2.45 bits per heavy atom. The van der Waals surface area contributed by atoms with E-state index in [1.807, 2.05) is 0 Å². The van der Waals surface area contributed by atoms with Crippen molar-refractivity contribution >= 4 is 17.6 Å². The van der Waals surface area contributed by atoms with Crippen molar-refractivity contribution in [1.29, 1.82) is 0 Å². The standard InChI is InChI=1S/C13H12N4O3/c18-11(10-14-7-15-17-10)16-9-3-1-8(2-4-9)13(5-6-13)12(19)20/h1-4,7H,5-6H2,(H,16,18)(H,19,20)(H,14,15,17). The normalized spacial score (nSPS) is 15.6. The number of carboxylic acid groups (broad SMARTS) is 1. The smallest absolute Gasteiger partial charge is 0.314 e. The van der Waals surface area contributed by atoms with E-state index in [4.69, 9.17) is 0 Å². The molecular formula is C13H12N4O3. The molecule has 0 radical (unpaired) electrons. The van der Waals surface area contributed by atoms with Crippen LogP contribution in [0.15, 0.2) is 30.6 Å². The molecule has 2 aromatic rings. The first-order valence-electron chi connectivity index (χ1n) is 6.12. The third kappa shape index (κ3) is 2.03. The number of aromatic amines is 1. The van der Waals surface area contributed by atoms with Gasteiger partial charge >= 0.3 is 5.97 Å². The molecule has 1 saturated carbocycles. The van der Waals surface area contributed by atoms with Gasteiger partial charge in [-0.05, 0) is 30.5 Å². The number of benzene rings is 1. The minimum atomic E-state index is -0.795. The summed E-state index contributed by atoms with van der Waals surface area (Å²) in [5.74, 6) is -1.07. The third-order valence-corrected chi connectivity index (χ3v) is 3.48. The van der Waals surface area contributed by atoms with Crippen LogP contribution in [0.25, 0.3) is 0 Å². The molecule has 0 spiro atoms. The number of aliphatic carboxylic acids is 1. The molecule has 0 saturated heterocycles. The van der Waals surface area contributed by atoms with Crippen molar-refractivity contribution in [3.8, 4) is 0 Å². The van der Waals surface area contributed by atoms with Crippen molar-refractivity contribution in [2.75, 3.05) is 5.32 Å². The van der Waals surface area contributed by atoms with E-state index >= 15 is 0 Å². The first-order chi connectivity index (χ1) is 9.62.